The number of carbonyl (C=O) groups is 1. The second-order valence-corrected chi connectivity index (χ2v) is 4.94. The van der Waals surface area contributed by atoms with E-state index >= 15 is 0 Å². The molecule has 0 spiro atoms. The van der Waals surface area contributed by atoms with Gasteiger partial charge in [-0.15, -0.1) is 0 Å². The molecule has 1 amide bonds. The number of nitrogens with one attached hydrogen (secondary N) is 1. The van der Waals surface area contributed by atoms with Crippen LogP contribution < -0.4 is 10.1 Å². The van der Waals surface area contributed by atoms with Crippen molar-refractivity contribution >= 4 is 21.8 Å². The summed E-state index contributed by atoms with van der Waals surface area (Å²) < 4.78 is 6.12. The second-order valence-electron chi connectivity index (χ2n) is 4.19. The summed E-state index contributed by atoms with van der Waals surface area (Å²) in [5, 5.41) is 2.82. The zero-order valence-electron chi connectivity index (χ0n) is 10.2. The summed E-state index contributed by atoms with van der Waals surface area (Å²) in [7, 11) is 0. The number of ether oxygens (including phenoxy) is 1. The van der Waals surface area contributed by atoms with Crippen molar-refractivity contribution < 1.29 is 9.53 Å². The van der Waals surface area contributed by atoms with Gasteiger partial charge < -0.3 is 10.1 Å². The SMILES string of the molecule is CC(C)CNC(=O)C(C)Oc1cccnc1Br. The maximum absolute atomic E-state index is 11.7. The molecule has 1 aromatic rings. The van der Waals surface area contributed by atoms with E-state index in [0.717, 1.165) is 0 Å². The molecule has 0 aromatic carbocycles. The lowest BCUT2D eigenvalue weighted by Crippen LogP contribution is -2.38. The third-order valence-electron chi connectivity index (χ3n) is 2.08. The van der Waals surface area contributed by atoms with Gasteiger partial charge in [0.05, 0.1) is 0 Å². The molecular formula is C12H17BrN2O2. The highest BCUT2D eigenvalue weighted by Crippen LogP contribution is 2.22. The van der Waals surface area contributed by atoms with Crippen LogP contribution in [0.5, 0.6) is 5.75 Å². The molecule has 4 nitrogen and oxygen atoms in total. The molecule has 1 atom stereocenters. The Labute approximate surface area is 110 Å². The van der Waals surface area contributed by atoms with Crippen LogP contribution >= 0.6 is 15.9 Å². The maximum Gasteiger partial charge on any atom is 0.260 e. The molecule has 1 rings (SSSR count). The van der Waals surface area contributed by atoms with Crippen molar-refractivity contribution in [1.82, 2.24) is 10.3 Å². The molecule has 1 N–H and O–H groups in total. The van der Waals surface area contributed by atoms with Gasteiger partial charge in [-0.2, -0.15) is 0 Å². The van der Waals surface area contributed by atoms with Gasteiger partial charge in [-0.25, -0.2) is 4.98 Å². The van der Waals surface area contributed by atoms with Crippen LogP contribution in [0.1, 0.15) is 20.8 Å². The van der Waals surface area contributed by atoms with E-state index in [1.54, 1.807) is 25.3 Å². The van der Waals surface area contributed by atoms with Crippen LogP contribution in [0.3, 0.4) is 0 Å². The first-order chi connectivity index (χ1) is 8.00. The highest BCUT2D eigenvalue weighted by molar-refractivity contribution is 9.10. The minimum Gasteiger partial charge on any atom is -0.478 e. The average Bonchev–Trinajstić information content (AvgIpc) is 2.28. The van der Waals surface area contributed by atoms with Crippen molar-refractivity contribution in [2.45, 2.75) is 26.9 Å². The van der Waals surface area contributed by atoms with Crippen molar-refractivity contribution in [3.05, 3.63) is 22.9 Å². The number of rotatable bonds is 5. The Kier molecular flexibility index (Phi) is 5.41. The lowest BCUT2D eigenvalue weighted by molar-refractivity contribution is -0.127. The van der Waals surface area contributed by atoms with Crippen molar-refractivity contribution in [3.63, 3.8) is 0 Å². The first-order valence-electron chi connectivity index (χ1n) is 5.55. The molecule has 94 valence electrons. The molecular weight excluding hydrogens is 284 g/mol. The fraction of sp³-hybridized carbons (Fsp3) is 0.500. The Morgan fingerprint density at radius 3 is 2.82 bits per heavy atom. The van der Waals surface area contributed by atoms with Gasteiger partial charge in [0.1, 0.15) is 4.60 Å². The Morgan fingerprint density at radius 2 is 2.24 bits per heavy atom. The molecule has 0 saturated heterocycles. The van der Waals surface area contributed by atoms with Gasteiger partial charge >= 0.3 is 0 Å². The predicted molar refractivity (Wildman–Crippen MR) is 69.9 cm³/mol. The van der Waals surface area contributed by atoms with Crippen LogP contribution in [0.25, 0.3) is 0 Å². The van der Waals surface area contributed by atoms with E-state index in [1.807, 2.05) is 13.8 Å². The Hall–Kier alpha value is -1.10. The normalized spacial score (nSPS) is 12.3. The lowest BCUT2D eigenvalue weighted by Gasteiger charge is -2.16. The highest BCUT2D eigenvalue weighted by Gasteiger charge is 2.15. The highest BCUT2D eigenvalue weighted by atomic mass is 79.9. The predicted octanol–water partition coefficient (Wildman–Crippen LogP) is 2.38. The van der Waals surface area contributed by atoms with Crippen molar-refractivity contribution in [1.29, 1.82) is 0 Å². The van der Waals surface area contributed by atoms with E-state index in [2.05, 4.69) is 26.2 Å². The van der Waals surface area contributed by atoms with E-state index < -0.39 is 6.10 Å². The van der Waals surface area contributed by atoms with Gasteiger partial charge in [0.2, 0.25) is 0 Å². The molecule has 0 aliphatic heterocycles. The third kappa shape index (κ3) is 4.73. The minimum atomic E-state index is -0.533. The van der Waals surface area contributed by atoms with Crippen molar-refractivity contribution in [2.75, 3.05) is 6.54 Å². The van der Waals surface area contributed by atoms with Gasteiger partial charge in [0.15, 0.2) is 11.9 Å². The zero-order valence-corrected chi connectivity index (χ0v) is 11.8. The van der Waals surface area contributed by atoms with Crippen LogP contribution in [0, 0.1) is 5.92 Å². The smallest absolute Gasteiger partial charge is 0.260 e. The number of nitrogens with zero attached hydrogens (tertiary/aromatic N) is 1. The first kappa shape index (κ1) is 14.0. The summed E-state index contributed by atoms with van der Waals surface area (Å²) in [5.41, 5.74) is 0. The van der Waals surface area contributed by atoms with Crippen LogP contribution in [-0.4, -0.2) is 23.5 Å². The monoisotopic (exact) mass is 300 g/mol. The largest absolute Gasteiger partial charge is 0.478 e. The molecule has 0 aliphatic carbocycles. The number of hydrogen-bond donors (Lipinski definition) is 1. The Balaban J connectivity index is 2.51. The van der Waals surface area contributed by atoms with Crippen molar-refractivity contribution in [3.8, 4) is 5.75 Å². The standard InChI is InChI=1S/C12H17BrN2O2/c1-8(2)7-15-12(16)9(3)17-10-5-4-6-14-11(10)13/h4-6,8-9H,7H2,1-3H3,(H,15,16). The van der Waals surface area contributed by atoms with Crippen LogP contribution in [0.15, 0.2) is 22.9 Å². The van der Waals surface area contributed by atoms with E-state index in [-0.39, 0.29) is 5.91 Å². The molecule has 1 unspecified atom stereocenters. The molecule has 0 fully saturated rings. The minimum absolute atomic E-state index is 0.116. The topological polar surface area (TPSA) is 51.2 Å². The van der Waals surface area contributed by atoms with Gasteiger partial charge in [-0.05, 0) is 40.9 Å². The summed E-state index contributed by atoms with van der Waals surface area (Å²) in [5.74, 6) is 0.880. The van der Waals surface area contributed by atoms with Gasteiger partial charge in [-0.3, -0.25) is 4.79 Å². The number of carbonyl (C=O) groups excluding carboxylic acids is 1. The fourth-order valence-corrected chi connectivity index (χ4v) is 1.50. The van der Waals surface area contributed by atoms with Crippen molar-refractivity contribution in [2.24, 2.45) is 5.92 Å². The zero-order chi connectivity index (χ0) is 12.8. The van der Waals surface area contributed by atoms with Gasteiger partial charge in [0.25, 0.3) is 5.91 Å². The molecule has 0 bridgehead atoms. The molecule has 0 saturated carbocycles. The molecule has 0 radical (unpaired) electrons. The van der Waals surface area contributed by atoms with Gasteiger partial charge in [-0.1, -0.05) is 13.8 Å². The summed E-state index contributed by atoms with van der Waals surface area (Å²) in [6.45, 7) is 6.46. The lowest BCUT2D eigenvalue weighted by atomic mass is 10.2. The number of amides is 1. The van der Waals surface area contributed by atoms with E-state index in [1.165, 1.54) is 0 Å². The Morgan fingerprint density at radius 1 is 1.53 bits per heavy atom. The number of aromatic nitrogens is 1. The third-order valence-corrected chi connectivity index (χ3v) is 2.68. The first-order valence-corrected chi connectivity index (χ1v) is 6.35. The quantitative estimate of drug-likeness (QED) is 0.850. The summed E-state index contributed by atoms with van der Waals surface area (Å²) in [4.78, 5) is 15.7. The molecule has 0 aliphatic rings. The molecule has 17 heavy (non-hydrogen) atoms. The second kappa shape index (κ2) is 6.59. The average molecular weight is 301 g/mol. The van der Waals surface area contributed by atoms with Gasteiger partial charge in [0, 0.05) is 12.7 Å². The van der Waals surface area contributed by atoms with E-state index in [4.69, 9.17) is 4.74 Å². The maximum atomic E-state index is 11.7. The molecule has 1 heterocycles. The summed E-state index contributed by atoms with van der Waals surface area (Å²) in [6.07, 6.45) is 1.12. The summed E-state index contributed by atoms with van der Waals surface area (Å²) in [6, 6.07) is 3.53. The molecule has 5 heteroatoms. The molecule has 1 aromatic heterocycles. The van der Waals surface area contributed by atoms with Crippen LogP contribution in [0.4, 0.5) is 0 Å². The fourth-order valence-electron chi connectivity index (χ4n) is 1.15. The van der Waals surface area contributed by atoms with E-state index in [9.17, 15) is 4.79 Å². The number of hydrogen-bond acceptors (Lipinski definition) is 3. The van der Waals surface area contributed by atoms with Crippen LogP contribution in [0.2, 0.25) is 0 Å². The number of pyridine rings is 1. The summed E-state index contributed by atoms with van der Waals surface area (Å²) >= 11 is 3.27. The van der Waals surface area contributed by atoms with E-state index in [0.29, 0.717) is 22.8 Å². The number of halogens is 1. The Bertz CT molecular complexity index is 383. The van der Waals surface area contributed by atoms with Crippen LogP contribution in [-0.2, 0) is 4.79 Å².